The largest absolute Gasteiger partial charge is 0.335 e. The number of nitrogens with zero attached hydrogens (tertiary/aromatic N) is 2. The summed E-state index contributed by atoms with van der Waals surface area (Å²) >= 11 is 0. The highest BCUT2D eigenvalue weighted by Crippen LogP contribution is 2.30. The summed E-state index contributed by atoms with van der Waals surface area (Å²) in [7, 11) is -1.90. The van der Waals surface area contributed by atoms with Gasteiger partial charge in [-0.25, -0.2) is 8.42 Å². The fraction of sp³-hybridized carbons (Fsp3) is 0.588. The van der Waals surface area contributed by atoms with Crippen LogP contribution in [0.5, 0.6) is 0 Å². The maximum absolute atomic E-state index is 12.7. The SMILES string of the molecule is Cc1cccc([C@H]2CCCCCN2C(=O)CN(C)S(C)(=O)=O)c1. The van der Waals surface area contributed by atoms with Crippen LogP contribution in [0.15, 0.2) is 24.3 Å². The van der Waals surface area contributed by atoms with Gasteiger partial charge in [0.15, 0.2) is 0 Å². The van der Waals surface area contributed by atoms with Crippen LogP contribution in [0.25, 0.3) is 0 Å². The standard InChI is InChI=1S/C17H26N2O3S/c1-14-8-7-9-15(12-14)16-10-5-4-6-11-19(16)17(20)13-18(2)23(3,21)22/h7-9,12,16H,4-6,10-11,13H2,1-3H3/t16-/m1/s1. The third-order valence-corrected chi connectivity index (χ3v) is 5.69. The van der Waals surface area contributed by atoms with E-state index >= 15 is 0 Å². The van der Waals surface area contributed by atoms with Crippen LogP contribution in [-0.2, 0) is 14.8 Å². The molecule has 1 fully saturated rings. The number of carbonyl (C=O) groups is 1. The van der Waals surface area contributed by atoms with E-state index in [0.717, 1.165) is 41.8 Å². The van der Waals surface area contributed by atoms with Crippen molar-refractivity contribution in [2.24, 2.45) is 0 Å². The minimum absolute atomic E-state index is 0.0397. The smallest absolute Gasteiger partial charge is 0.238 e. The number of aryl methyl sites for hydroxylation is 1. The number of likely N-dealkylation sites (tertiary alicyclic amines) is 1. The number of benzene rings is 1. The molecule has 0 saturated carbocycles. The van der Waals surface area contributed by atoms with E-state index in [0.29, 0.717) is 6.54 Å². The third kappa shape index (κ3) is 4.78. The van der Waals surface area contributed by atoms with Crippen LogP contribution in [0.3, 0.4) is 0 Å². The van der Waals surface area contributed by atoms with Gasteiger partial charge in [0.25, 0.3) is 0 Å². The zero-order valence-corrected chi connectivity index (χ0v) is 15.0. The first-order chi connectivity index (χ1) is 10.8. The van der Waals surface area contributed by atoms with Gasteiger partial charge in [0, 0.05) is 13.6 Å². The number of amides is 1. The summed E-state index contributed by atoms with van der Waals surface area (Å²) in [6.45, 7) is 2.64. The van der Waals surface area contributed by atoms with E-state index in [1.54, 1.807) is 0 Å². The average molecular weight is 338 g/mol. The average Bonchev–Trinajstić information content (AvgIpc) is 2.71. The van der Waals surface area contributed by atoms with E-state index in [4.69, 9.17) is 0 Å². The summed E-state index contributed by atoms with van der Waals surface area (Å²) < 4.78 is 24.3. The van der Waals surface area contributed by atoms with Gasteiger partial charge in [-0.2, -0.15) is 4.31 Å². The molecule has 128 valence electrons. The number of rotatable bonds is 4. The normalized spacial score (nSPS) is 19.7. The molecule has 5 nitrogen and oxygen atoms in total. The Labute approximate surface area is 139 Å². The molecule has 1 aliphatic heterocycles. The van der Waals surface area contributed by atoms with Gasteiger partial charge in [-0.05, 0) is 25.3 Å². The lowest BCUT2D eigenvalue weighted by Gasteiger charge is -2.32. The molecule has 2 rings (SSSR count). The molecule has 0 spiro atoms. The Morgan fingerprint density at radius 1 is 1.30 bits per heavy atom. The highest BCUT2D eigenvalue weighted by molar-refractivity contribution is 7.88. The summed E-state index contributed by atoms with van der Waals surface area (Å²) in [5.74, 6) is -0.119. The highest BCUT2D eigenvalue weighted by Gasteiger charge is 2.28. The van der Waals surface area contributed by atoms with Gasteiger partial charge < -0.3 is 4.90 Å². The molecule has 0 radical (unpaired) electrons. The molecular weight excluding hydrogens is 312 g/mol. The van der Waals surface area contributed by atoms with Crippen molar-refractivity contribution in [1.82, 2.24) is 9.21 Å². The number of likely N-dealkylation sites (N-methyl/N-ethyl adjacent to an activating group) is 1. The molecule has 6 heteroatoms. The number of carbonyl (C=O) groups excluding carboxylic acids is 1. The molecular formula is C17H26N2O3S. The van der Waals surface area contributed by atoms with Crippen molar-refractivity contribution in [1.29, 1.82) is 0 Å². The number of hydrogen-bond acceptors (Lipinski definition) is 3. The van der Waals surface area contributed by atoms with E-state index in [2.05, 4.69) is 12.1 Å². The maximum atomic E-state index is 12.7. The minimum atomic E-state index is -3.35. The van der Waals surface area contributed by atoms with E-state index in [9.17, 15) is 13.2 Å². The van der Waals surface area contributed by atoms with Crippen molar-refractivity contribution < 1.29 is 13.2 Å². The van der Waals surface area contributed by atoms with Gasteiger partial charge in [-0.3, -0.25) is 4.79 Å². The van der Waals surface area contributed by atoms with Crippen molar-refractivity contribution in [2.75, 3.05) is 26.4 Å². The quantitative estimate of drug-likeness (QED) is 0.846. The van der Waals surface area contributed by atoms with Crippen LogP contribution < -0.4 is 0 Å². The zero-order valence-electron chi connectivity index (χ0n) is 14.2. The zero-order chi connectivity index (χ0) is 17.0. The topological polar surface area (TPSA) is 57.7 Å². The molecule has 0 unspecified atom stereocenters. The second-order valence-corrected chi connectivity index (χ2v) is 8.47. The first kappa shape index (κ1) is 17.9. The van der Waals surface area contributed by atoms with Gasteiger partial charge in [-0.15, -0.1) is 0 Å². The molecule has 1 amide bonds. The van der Waals surface area contributed by atoms with E-state index in [1.807, 2.05) is 24.0 Å². The molecule has 1 aromatic rings. The number of sulfonamides is 1. The highest BCUT2D eigenvalue weighted by atomic mass is 32.2. The fourth-order valence-corrected chi connectivity index (χ4v) is 3.37. The number of hydrogen-bond donors (Lipinski definition) is 0. The van der Waals surface area contributed by atoms with Crippen LogP contribution in [0.4, 0.5) is 0 Å². The first-order valence-electron chi connectivity index (χ1n) is 8.06. The minimum Gasteiger partial charge on any atom is -0.335 e. The maximum Gasteiger partial charge on any atom is 0.238 e. The summed E-state index contributed by atoms with van der Waals surface area (Å²) in [6, 6.07) is 8.28. The van der Waals surface area contributed by atoms with Gasteiger partial charge >= 0.3 is 0 Å². The Hall–Kier alpha value is -1.40. The Morgan fingerprint density at radius 3 is 2.70 bits per heavy atom. The van der Waals surface area contributed by atoms with Crippen LogP contribution in [0.2, 0.25) is 0 Å². The summed E-state index contributed by atoms with van der Waals surface area (Å²) in [4.78, 5) is 14.6. The summed E-state index contributed by atoms with van der Waals surface area (Å²) in [6.07, 6.45) is 5.22. The van der Waals surface area contributed by atoms with Gasteiger partial charge in [0.05, 0.1) is 18.8 Å². The molecule has 1 aromatic carbocycles. The second-order valence-electron chi connectivity index (χ2n) is 6.39. The van der Waals surface area contributed by atoms with Crippen molar-refractivity contribution in [3.63, 3.8) is 0 Å². The van der Waals surface area contributed by atoms with Crippen molar-refractivity contribution in [3.05, 3.63) is 35.4 Å². The van der Waals surface area contributed by atoms with Crippen LogP contribution in [0.1, 0.15) is 42.9 Å². The fourth-order valence-electron chi connectivity index (χ4n) is 3.03. The molecule has 0 aliphatic carbocycles. The Kier molecular flexibility index (Phi) is 5.81. The van der Waals surface area contributed by atoms with Gasteiger partial charge in [0.2, 0.25) is 15.9 Å². The van der Waals surface area contributed by atoms with Crippen LogP contribution in [-0.4, -0.2) is 49.9 Å². The molecule has 1 aliphatic rings. The molecule has 0 aromatic heterocycles. The third-order valence-electron chi connectivity index (χ3n) is 4.42. The Bertz CT molecular complexity index is 658. The molecule has 23 heavy (non-hydrogen) atoms. The van der Waals surface area contributed by atoms with Crippen molar-refractivity contribution in [2.45, 2.75) is 38.6 Å². The molecule has 1 atom stereocenters. The van der Waals surface area contributed by atoms with E-state index < -0.39 is 10.0 Å². The van der Waals surface area contributed by atoms with Crippen LogP contribution in [0, 0.1) is 6.92 Å². The molecule has 1 saturated heterocycles. The molecule has 1 heterocycles. The Morgan fingerprint density at radius 2 is 2.04 bits per heavy atom. The van der Waals surface area contributed by atoms with Gasteiger partial charge in [-0.1, -0.05) is 42.7 Å². The van der Waals surface area contributed by atoms with E-state index in [-0.39, 0.29) is 18.5 Å². The molecule has 0 bridgehead atoms. The summed E-state index contributed by atoms with van der Waals surface area (Å²) in [5, 5.41) is 0. The van der Waals surface area contributed by atoms with Gasteiger partial charge in [0.1, 0.15) is 0 Å². The second kappa shape index (κ2) is 7.45. The van der Waals surface area contributed by atoms with Crippen molar-refractivity contribution >= 4 is 15.9 Å². The van der Waals surface area contributed by atoms with E-state index in [1.165, 1.54) is 12.6 Å². The summed E-state index contributed by atoms with van der Waals surface area (Å²) in [5.41, 5.74) is 2.31. The predicted octanol–water partition coefficient (Wildman–Crippen LogP) is 2.33. The lowest BCUT2D eigenvalue weighted by Crippen LogP contribution is -2.42. The van der Waals surface area contributed by atoms with Crippen LogP contribution >= 0.6 is 0 Å². The monoisotopic (exact) mass is 338 g/mol. The first-order valence-corrected chi connectivity index (χ1v) is 9.91. The lowest BCUT2D eigenvalue weighted by atomic mass is 9.99. The van der Waals surface area contributed by atoms with Crippen molar-refractivity contribution in [3.8, 4) is 0 Å². The molecule has 0 N–H and O–H groups in total. The predicted molar refractivity (Wildman–Crippen MR) is 91.6 cm³/mol. The Balaban J connectivity index is 2.23. The lowest BCUT2D eigenvalue weighted by molar-refractivity contribution is -0.133.